The van der Waals surface area contributed by atoms with E-state index in [1.54, 1.807) is 13.3 Å². The number of hydrogen-bond acceptors (Lipinski definition) is 4. The maximum atomic E-state index is 12.6. The number of nitrogens with zero attached hydrogens (tertiary/aromatic N) is 1. The van der Waals surface area contributed by atoms with Crippen LogP contribution in [0, 0.1) is 6.92 Å². The third-order valence-corrected chi connectivity index (χ3v) is 5.42. The molecule has 1 heterocycles. The van der Waals surface area contributed by atoms with Crippen LogP contribution in [0.5, 0.6) is 5.88 Å². The van der Waals surface area contributed by atoms with Crippen LogP contribution < -0.4 is 14.8 Å². The fourth-order valence-electron chi connectivity index (χ4n) is 3.42. The highest BCUT2D eigenvalue weighted by Gasteiger charge is 2.23. The van der Waals surface area contributed by atoms with Crippen LogP contribution in [0.4, 0.5) is 10.5 Å². The lowest BCUT2D eigenvalue weighted by Gasteiger charge is -2.21. The van der Waals surface area contributed by atoms with Crippen LogP contribution in [0.1, 0.15) is 43.9 Å². The Morgan fingerprint density at radius 3 is 2.74 bits per heavy atom. The molecular formula is C21H27N3O2S. The molecule has 0 fully saturated rings. The first-order valence-electron chi connectivity index (χ1n) is 9.19. The van der Waals surface area contributed by atoms with Gasteiger partial charge < -0.3 is 10.1 Å². The van der Waals surface area contributed by atoms with Crippen molar-refractivity contribution in [2.75, 3.05) is 12.4 Å². The summed E-state index contributed by atoms with van der Waals surface area (Å²) in [4.78, 5) is 16.8. The van der Waals surface area contributed by atoms with Gasteiger partial charge in [0.05, 0.1) is 12.8 Å². The average molecular weight is 386 g/mol. The Labute approximate surface area is 165 Å². The summed E-state index contributed by atoms with van der Waals surface area (Å²) in [6, 6.07) is 5.92. The minimum absolute atomic E-state index is 0.0484. The van der Waals surface area contributed by atoms with Crippen LogP contribution in [-0.4, -0.2) is 22.9 Å². The molecule has 0 unspecified atom stereocenters. The first-order chi connectivity index (χ1) is 12.8. The molecule has 144 valence electrons. The lowest BCUT2D eigenvalue weighted by Crippen LogP contribution is -2.28. The van der Waals surface area contributed by atoms with Gasteiger partial charge in [0.15, 0.2) is 0 Å². The topological polar surface area (TPSA) is 63.2 Å². The number of hydrogen-bond donors (Lipinski definition) is 2. The van der Waals surface area contributed by atoms with Crippen molar-refractivity contribution < 1.29 is 9.53 Å². The fourth-order valence-corrected chi connectivity index (χ4v) is 3.87. The molecule has 27 heavy (non-hydrogen) atoms. The second-order valence-corrected chi connectivity index (χ2v) is 9.43. The lowest BCUT2D eigenvalue weighted by atomic mass is 9.93. The van der Waals surface area contributed by atoms with Crippen molar-refractivity contribution in [3.63, 3.8) is 0 Å². The number of amides is 2. The minimum Gasteiger partial charge on any atom is -0.481 e. The highest BCUT2D eigenvalue weighted by molar-refractivity contribution is 7.99. The van der Waals surface area contributed by atoms with E-state index in [-0.39, 0.29) is 10.8 Å². The number of benzene rings is 1. The number of carbonyl (C=O) groups excluding carboxylic acids is 1. The highest BCUT2D eigenvalue weighted by atomic mass is 32.2. The van der Waals surface area contributed by atoms with Gasteiger partial charge in [0.25, 0.3) is 0 Å². The number of methoxy groups -OCH3 is 1. The van der Waals surface area contributed by atoms with Crippen molar-refractivity contribution in [3.05, 3.63) is 41.1 Å². The molecule has 0 saturated heterocycles. The predicted octanol–water partition coefficient (Wildman–Crippen LogP) is 5.12. The van der Waals surface area contributed by atoms with Gasteiger partial charge in [-0.25, -0.2) is 9.78 Å². The van der Waals surface area contributed by atoms with Gasteiger partial charge in [-0.15, -0.1) is 0 Å². The zero-order chi connectivity index (χ0) is 19.6. The van der Waals surface area contributed by atoms with E-state index >= 15 is 0 Å². The number of ether oxygens (including phenoxy) is 1. The summed E-state index contributed by atoms with van der Waals surface area (Å²) < 4.78 is 8.16. The van der Waals surface area contributed by atoms with E-state index in [9.17, 15) is 4.79 Å². The van der Waals surface area contributed by atoms with Crippen molar-refractivity contribution in [3.8, 4) is 17.0 Å². The molecule has 0 radical (unpaired) electrons. The first-order valence-corrected chi connectivity index (χ1v) is 10.0. The van der Waals surface area contributed by atoms with Crippen LogP contribution in [0.3, 0.4) is 0 Å². The molecule has 1 aromatic carbocycles. The molecule has 2 amide bonds. The summed E-state index contributed by atoms with van der Waals surface area (Å²) in [7, 11) is 1.61. The molecular weight excluding hydrogens is 358 g/mol. The molecule has 2 aromatic rings. The normalized spacial score (nSPS) is 13.2. The first kappa shape index (κ1) is 19.5. The average Bonchev–Trinajstić information content (AvgIpc) is 3.07. The summed E-state index contributed by atoms with van der Waals surface area (Å²) in [6.45, 7) is 8.29. The molecule has 2 N–H and O–H groups in total. The van der Waals surface area contributed by atoms with E-state index in [0.717, 1.165) is 41.6 Å². The number of urea groups is 1. The molecule has 5 nitrogen and oxygen atoms in total. The van der Waals surface area contributed by atoms with Gasteiger partial charge in [-0.2, -0.15) is 0 Å². The maximum Gasteiger partial charge on any atom is 0.329 e. The summed E-state index contributed by atoms with van der Waals surface area (Å²) in [5, 5.41) is 3.13. The SMILES string of the molecule is COc1cc(-c2c(C)cc3c(c2NC(=O)NSC(C)(C)C)CCC3)ccn1. The molecule has 0 spiro atoms. The standard InChI is InChI=1S/C21H27N3O2S/c1-13-11-14-7-6-8-16(14)19(23-20(25)24-27-21(2,3)4)18(13)15-9-10-22-17(12-15)26-5/h9-12H,6-8H2,1-5H3,(H2,23,24,25). The Morgan fingerprint density at radius 1 is 1.26 bits per heavy atom. The van der Waals surface area contributed by atoms with Gasteiger partial charge in [-0.1, -0.05) is 6.07 Å². The Morgan fingerprint density at radius 2 is 2.04 bits per heavy atom. The number of anilines is 1. The van der Waals surface area contributed by atoms with Crippen LogP contribution in [0.15, 0.2) is 24.4 Å². The maximum absolute atomic E-state index is 12.6. The van der Waals surface area contributed by atoms with Crippen LogP contribution in [-0.2, 0) is 12.8 Å². The molecule has 0 aliphatic heterocycles. The van der Waals surface area contributed by atoms with E-state index in [0.29, 0.717) is 5.88 Å². The summed E-state index contributed by atoms with van der Waals surface area (Å²) in [5.41, 5.74) is 6.64. The van der Waals surface area contributed by atoms with Crippen molar-refractivity contribution in [2.45, 2.75) is 51.7 Å². The molecule has 0 saturated carbocycles. The van der Waals surface area contributed by atoms with Crippen molar-refractivity contribution in [1.29, 1.82) is 0 Å². The van der Waals surface area contributed by atoms with Crippen LogP contribution in [0.25, 0.3) is 11.1 Å². The van der Waals surface area contributed by atoms with Gasteiger partial charge in [0, 0.05) is 22.6 Å². The molecule has 1 aliphatic carbocycles. The minimum atomic E-state index is -0.197. The van der Waals surface area contributed by atoms with Gasteiger partial charge in [-0.3, -0.25) is 4.72 Å². The Kier molecular flexibility index (Phi) is 5.65. The number of aryl methyl sites for hydroxylation is 2. The third kappa shape index (κ3) is 4.56. The molecule has 3 rings (SSSR count). The van der Waals surface area contributed by atoms with E-state index in [1.165, 1.54) is 23.1 Å². The van der Waals surface area contributed by atoms with E-state index < -0.39 is 0 Å². The van der Waals surface area contributed by atoms with Crippen LogP contribution >= 0.6 is 11.9 Å². The fraction of sp³-hybridized carbons (Fsp3) is 0.429. The summed E-state index contributed by atoms with van der Waals surface area (Å²) in [6.07, 6.45) is 4.89. The number of carbonyl (C=O) groups is 1. The molecule has 1 aromatic heterocycles. The third-order valence-electron chi connectivity index (χ3n) is 4.52. The monoisotopic (exact) mass is 385 g/mol. The number of fused-ring (bicyclic) bond motifs is 1. The molecule has 0 atom stereocenters. The number of rotatable bonds is 4. The van der Waals surface area contributed by atoms with E-state index in [4.69, 9.17) is 4.74 Å². The quantitative estimate of drug-likeness (QED) is 0.717. The van der Waals surface area contributed by atoms with Gasteiger partial charge in [-0.05, 0) is 87.2 Å². The lowest BCUT2D eigenvalue weighted by molar-refractivity contribution is 0.257. The predicted molar refractivity (Wildman–Crippen MR) is 112 cm³/mol. The largest absolute Gasteiger partial charge is 0.481 e. The molecule has 6 heteroatoms. The van der Waals surface area contributed by atoms with Crippen molar-refractivity contribution in [2.24, 2.45) is 0 Å². The Bertz CT molecular complexity index is 859. The van der Waals surface area contributed by atoms with Gasteiger partial charge in [0.1, 0.15) is 0 Å². The Balaban J connectivity index is 2.01. The zero-order valence-electron chi connectivity index (χ0n) is 16.6. The second kappa shape index (κ2) is 7.80. The van der Waals surface area contributed by atoms with Crippen LogP contribution in [0.2, 0.25) is 0 Å². The van der Waals surface area contributed by atoms with Gasteiger partial charge >= 0.3 is 6.03 Å². The van der Waals surface area contributed by atoms with Gasteiger partial charge in [0.2, 0.25) is 5.88 Å². The zero-order valence-corrected chi connectivity index (χ0v) is 17.4. The molecule has 1 aliphatic rings. The second-order valence-electron chi connectivity index (χ2n) is 7.79. The van der Waals surface area contributed by atoms with Crippen molar-refractivity contribution in [1.82, 2.24) is 9.71 Å². The van der Waals surface area contributed by atoms with Crippen molar-refractivity contribution >= 4 is 23.7 Å². The van der Waals surface area contributed by atoms with E-state index in [1.807, 2.05) is 12.1 Å². The highest BCUT2D eigenvalue weighted by Crippen LogP contribution is 2.40. The summed E-state index contributed by atoms with van der Waals surface area (Å²) >= 11 is 1.41. The number of pyridine rings is 1. The summed E-state index contributed by atoms with van der Waals surface area (Å²) in [5.74, 6) is 0.561. The number of nitrogens with one attached hydrogen (secondary N) is 2. The van der Waals surface area contributed by atoms with E-state index in [2.05, 4.69) is 48.8 Å². The molecule has 0 bridgehead atoms. The number of aromatic nitrogens is 1. The smallest absolute Gasteiger partial charge is 0.329 e. The Hall–Kier alpha value is -2.21.